The maximum Gasteiger partial charge on any atom is 0.309 e. The molecule has 0 aromatic carbocycles. The summed E-state index contributed by atoms with van der Waals surface area (Å²) in [6.45, 7) is 3.35. The Kier molecular flexibility index (Phi) is 3.29. The molecule has 1 rings (SSSR count). The van der Waals surface area contributed by atoms with E-state index in [0.29, 0.717) is 12.3 Å². The Hall–Kier alpha value is -1.58. The largest absolute Gasteiger partial charge is 0.481 e. The van der Waals surface area contributed by atoms with E-state index >= 15 is 0 Å². The number of nitrogens with zero attached hydrogens (tertiary/aromatic N) is 1. The maximum absolute atomic E-state index is 10.9. The van der Waals surface area contributed by atoms with Crippen molar-refractivity contribution in [1.29, 1.82) is 0 Å². The number of carbonyl (C=O) groups is 1. The van der Waals surface area contributed by atoms with Crippen molar-refractivity contribution in [3.8, 4) is 5.88 Å². The molecule has 1 aromatic rings. The molecule has 0 fully saturated rings. The summed E-state index contributed by atoms with van der Waals surface area (Å²) in [6, 6.07) is 5.34. The van der Waals surface area contributed by atoms with E-state index in [1.165, 1.54) is 7.11 Å². The second-order valence-corrected chi connectivity index (χ2v) is 4.04. The van der Waals surface area contributed by atoms with Gasteiger partial charge in [0.15, 0.2) is 0 Å². The van der Waals surface area contributed by atoms with Crippen LogP contribution in [0, 0.1) is 5.41 Å². The SMILES string of the molecule is COc1cccc(CC(C)(C)C(=O)O)n1. The number of aliphatic carboxylic acids is 1. The van der Waals surface area contributed by atoms with Gasteiger partial charge in [0.05, 0.1) is 12.5 Å². The molecule has 4 heteroatoms. The number of hydrogen-bond acceptors (Lipinski definition) is 3. The molecular weight excluding hydrogens is 194 g/mol. The van der Waals surface area contributed by atoms with Gasteiger partial charge in [0.2, 0.25) is 5.88 Å². The number of hydrogen-bond donors (Lipinski definition) is 1. The Morgan fingerprint density at radius 3 is 2.73 bits per heavy atom. The van der Waals surface area contributed by atoms with Gasteiger partial charge in [-0.25, -0.2) is 4.98 Å². The monoisotopic (exact) mass is 209 g/mol. The van der Waals surface area contributed by atoms with Crippen LogP contribution in [-0.4, -0.2) is 23.2 Å². The second kappa shape index (κ2) is 4.29. The third-order valence-electron chi connectivity index (χ3n) is 2.19. The van der Waals surface area contributed by atoms with Crippen LogP contribution >= 0.6 is 0 Å². The molecule has 1 heterocycles. The van der Waals surface area contributed by atoms with Gasteiger partial charge in [0, 0.05) is 18.2 Å². The molecule has 0 amide bonds. The molecule has 0 radical (unpaired) electrons. The number of aromatic nitrogens is 1. The highest BCUT2D eigenvalue weighted by Crippen LogP contribution is 2.21. The van der Waals surface area contributed by atoms with Crippen LogP contribution in [0.25, 0.3) is 0 Å². The van der Waals surface area contributed by atoms with Crippen molar-refractivity contribution < 1.29 is 14.6 Å². The molecular formula is C11H15NO3. The first kappa shape index (κ1) is 11.5. The van der Waals surface area contributed by atoms with E-state index in [2.05, 4.69) is 4.98 Å². The van der Waals surface area contributed by atoms with Gasteiger partial charge in [-0.05, 0) is 19.9 Å². The van der Waals surface area contributed by atoms with E-state index in [1.807, 2.05) is 0 Å². The van der Waals surface area contributed by atoms with Gasteiger partial charge in [0.25, 0.3) is 0 Å². The maximum atomic E-state index is 10.9. The molecule has 0 bridgehead atoms. The molecule has 0 aliphatic carbocycles. The van der Waals surface area contributed by atoms with Crippen molar-refractivity contribution in [2.75, 3.05) is 7.11 Å². The molecule has 0 atom stereocenters. The summed E-state index contributed by atoms with van der Waals surface area (Å²) in [5.41, 5.74) is -0.0823. The standard InChI is InChI=1S/C11H15NO3/c1-11(2,10(13)14)7-8-5-4-6-9(12-8)15-3/h4-6H,7H2,1-3H3,(H,13,14). The number of carboxylic acid groups (broad SMARTS) is 1. The highest BCUT2D eigenvalue weighted by Gasteiger charge is 2.27. The Bertz CT molecular complexity index is 361. The molecule has 15 heavy (non-hydrogen) atoms. The van der Waals surface area contributed by atoms with E-state index in [9.17, 15) is 4.79 Å². The van der Waals surface area contributed by atoms with Gasteiger partial charge >= 0.3 is 5.97 Å². The van der Waals surface area contributed by atoms with Gasteiger partial charge < -0.3 is 9.84 Å². The van der Waals surface area contributed by atoms with Crippen LogP contribution in [0.1, 0.15) is 19.5 Å². The first-order valence-electron chi connectivity index (χ1n) is 4.69. The Morgan fingerprint density at radius 2 is 2.20 bits per heavy atom. The fourth-order valence-corrected chi connectivity index (χ4v) is 1.20. The molecule has 0 spiro atoms. The molecule has 1 N–H and O–H groups in total. The average molecular weight is 209 g/mol. The molecule has 0 aliphatic rings. The quantitative estimate of drug-likeness (QED) is 0.820. The second-order valence-electron chi connectivity index (χ2n) is 4.04. The van der Waals surface area contributed by atoms with E-state index < -0.39 is 11.4 Å². The number of rotatable bonds is 4. The molecule has 0 unspecified atom stereocenters. The van der Waals surface area contributed by atoms with Crippen LogP contribution in [0.4, 0.5) is 0 Å². The molecule has 0 saturated carbocycles. The van der Waals surface area contributed by atoms with Crippen LogP contribution in [0.5, 0.6) is 5.88 Å². The normalized spacial score (nSPS) is 11.1. The zero-order valence-electron chi connectivity index (χ0n) is 9.15. The Labute approximate surface area is 88.9 Å². The minimum Gasteiger partial charge on any atom is -0.481 e. The average Bonchev–Trinajstić information content (AvgIpc) is 2.17. The number of pyridine rings is 1. The van der Waals surface area contributed by atoms with E-state index in [0.717, 1.165) is 5.69 Å². The fraction of sp³-hybridized carbons (Fsp3) is 0.455. The first-order chi connectivity index (χ1) is 6.95. The predicted octanol–water partition coefficient (Wildman–Crippen LogP) is 1.74. The summed E-state index contributed by atoms with van der Waals surface area (Å²) in [5.74, 6) is -0.319. The van der Waals surface area contributed by atoms with Crippen molar-refractivity contribution >= 4 is 5.97 Å². The van der Waals surface area contributed by atoms with E-state index in [-0.39, 0.29) is 0 Å². The summed E-state index contributed by atoms with van der Waals surface area (Å²) < 4.78 is 4.97. The van der Waals surface area contributed by atoms with Crippen molar-refractivity contribution in [1.82, 2.24) is 4.98 Å². The highest BCUT2D eigenvalue weighted by molar-refractivity contribution is 5.73. The van der Waals surface area contributed by atoms with Crippen LogP contribution in [-0.2, 0) is 11.2 Å². The lowest BCUT2D eigenvalue weighted by Crippen LogP contribution is -2.26. The zero-order chi connectivity index (χ0) is 11.5. The van der Waals surface area contributed by atoms with Crippen LogP contribution < -0.4 is 4.74 Å². The molecule has 0 saturated heterocycles. The number of ether oxygens (including phenoxy) is 1. The van der Waals surface area contributed by atoms with Gasteiger partial charge in [0.1, 0.15) is 0 Å². The zero-order valence-corrected chi connectivity index (χ0v) is 9.15. The Morgan fingerprint density at radius 1 is 1.53 bits per heavy atom. The van der Waals surface area contributed by atoms with Gasteiger partial charge in [-0.2, -0.15) is 0 Å². The lowest BCUT2D eigenvalue weighted by molar-refractivity contribution is -0.146. The van der Waals surface area contributed by atoms with Crippen molar-refractivity contribution in [3.05, 3.63) is 23.9 Å². The minimum atomic E-state index is -0.827. The lowest BCUT2D eigenvalue weighted by Gasteiger charge is -2.18. The van der Waals surface area contributed by atoms with E-state index in [4.69, 9.17) is 9.84 Å². The van der Waals surface area contributed by atoms with Crippen LogP contribution in [0.15, 0.2) is 18.2 Å². The summed E-state index contributed by atoms with van der Waals surface area (Å²) in [4.78, 5) is 15.1. The molecule has 4 nitrogen and oxygen atoms in total. The number of methoxy groups -OCH3 is 1. The highest BCUT2D eigenvalue weighted by atomic mass is 16.5. The molecule has 1 aromatic heterocycles. The first-order valence-corrected chi connectivity index (χ1v) is 4.69. The topological polar surface area (TPSA) is 59.4 Å². The van der Waals surface area contributed by atoms with Crippen molar-refractivity contribution in [2.45, 2.75) is 20.3 Å². The summed E-state index contributed by atoms with van der Waals surface area (Å²) in [6.07, 6.45) is 0.388. The van der Waals surface area contributed by atoms with E-state index in [1.54, 1.807) is 32.0 Å². The summed E-state index contributed by atoms with van der Waals surface area (Å²) in [7, 11) is 1.54. The third kappa shape index (κ3) is 2.94. The van der Waals surface area contributed by atoms with Gasteiger partial charge in [-0.3, -0.25) is 4.79 Å². The Balaban J connectivity index is 2.85. The van der Waals surface area contributed by atoms with Gasteiger partial charge in [-0.1, -0.05) is 6.07 Å². The number of carboxylic acids is 1. The van der Waals surface area contributed by atoms with Crippen LogP contribution in [0.2, 0.25) is 0 Å². The van der Waals surface area contributed by atoms with Crippen molar-refractivity contribution in [3.63, 3.8) is 0 Å². The molecule has 0 aliphatic heterocycles. The minimum absolute atomic E-state index is 0.388. The smallest absolute Gasteiger partial charge is 0.309 e. The molecule has 82 valence electrons. The van der Waals surface area contributed by atoms with Crippen molar-refractivity contribution in [2.24, 2.45) is 5.41 Å². The third-order valence-corrected chi connectivity index (χ3v) is 2.19. The van der Waals surface area contributed by atoms with Gasteiger partial charge in [-0.15, -0.1) is 0 Å². The summed E-state index contributed by atoms with van der Waals surface area (Å²) >= 11 is 0. The predicted molar refractivity (Wildman–Crippen MR) is 55.9 cm³/mol. The van der Waals surface area contributed by atoms with Crippen LogP contribution in [0.3, 0.4) is 0 Å². The summed E-state index contributed by atoms with van der Waals surface area (Å²) in [5, 5.41) is 8.97. The fourth-order valence-electron chi connectivity index (χ4n) is 1.20. The lowest BCUT2D eigenvalue weighted by atomic mass is 9.88.